The molecule has 24 heavy (non-hydrogen) atoms. The molecular formula is C17H20N4O3. The average molecular weight is 328 g/mol. The molecule has 0 bridgehead atoms. The fourth-order valence-electron chi connectivity index (χ4n) is 2.27. The predicted molar refractivity (Wildman–Crippen MR) is 90.5 cm³/mol. The Morgan fingerprint density at radius 2 is 1.92 bits per heavy atom. The van der Waals surface area contributed by atoms with Gasteiger partial charge in [0.1, 0.15) is 12.4 Å². The SMILES string of the molecule is O=C(NCCNc1ccccn1)NC[C@H]1COc2ccccc2O1. The van der Waals surface area contributed by atoms with Crippen molar-refractivity contribution in [1.82, 2.24) is 15.6 Å². The molecule has 2 aromatic rings. The Bertz CT molecular complexity index is 666. The summed E-state index contributed by atoms with van der Waals surface area (Å²) in [6.07, 6.45) is 1.52. The number of anilines is 1. The van der Waals surface area contributed by atoms with Gasteiger partial charge in [0.25, 0.3) is 0 Å². The Hall–Kier alpha value is -2.96. The molecule has 1 aromatic heterocycles. The molecule has 2 amide bonds. The third-order valence-corrected chi connectivity index (χ3v) is 3.44. The topological polar surface area (TPSA) is 84.5 Å². The van der Waals surface area contributed by atoms with E-state index in [0.717, 1.165) is 11.6 Å². The molecule has 2 heterocycles. The van der Waals surface area contributed by atoms with Crippen molar-refractivity contribution >= 4 is 11.8 Å². The van der Waals surface area contributed by atoms with Crippen molar-refractivity contribution in [3.63, 3.8) is 0 Å². The molecule has 1 aliphatic rings. The van der Waals surface area contributed by atoms with Crippen molar-refractivity contribution in [3.8, 4) is 11.5 Å². The van der Waals surface area contributed by atoms with Gasteiger partial charge in [0.15, 0.2) is 17.6 Å². The molecule has 0 spiro atoms. The van der Waals surface area contributed by atoms with E-state index in [1.165, 1.54) is 0 Å². The number of pyridine rings is 1. The number of nitrogens with zero attached hydrogens (tertiary/aromatic N) is 1. The van der Waals surface area contributed by atoms with Crippen LogP contribution in [-0.2, 0) is 0 Å². The van der Waals surface area contributed by atoms with E-state index in [2.05, 4.69) is 20.9 Å². The summed E-state index contributed by atoms with van der Waals surface area (Å²) in [6, 6.07) is 12.9. The quantitative estimate of drug-likeness (QED) is 0.702. The van der Waals surface area contributed by atoms with Gasteiger partial charge in [0.05, 0.1) is 6.54 Å². The summed E-state index contributed by atoms with van der Waals surface area (Å²) in [5.74, 6) is 2.22. The van der Waals surface area contributed by atoms with E-state index in [0.29, 0.717) is 32.0 Å². The predicted octanol–water partition coefficient (Wildman–Crippen LogP) is 1.63. The van der Waals surface area contributed by atoms with Crippen molar-refractivity contribution in [2.75, 3.05) is 31.6 Å². The standard InChI is InChI=1S/C17H20N4O3/c22-17(20-10-9-19-16-7-3-4-8-18-16)21-11-13-12-23-14-5-1-2-6-15(14)24-13/h1-8,13H,9-12H2,(H,18,19)(H2,20,21,22)/t13-/m0/s1. The van der Waals surface area contributed by atoms with E-state index in [1.54, 1.807) is 6.20 Å². The number of carbonyl (C=O) groups excluding carboxylic acids is 1. The number of fused-ring (bicyclic) bond motifs is 1. The number of hydrogen-bond acceptors (Lipinski definition) is 5. The second-order valence-electron chi connectivity index (χ2n) is 5.28. The first-order valence-electron chi connectivity index (χ1n) is 7.86. The maximum Gasteiger partial charge on any atom is 0.314 e. The van der Waals surface area contributed by atoms with Crippen molar-refractivity contribution in [3.05, 3.63) is 48.7 Å². The molecule has 0 saturated heterocycles. The molecule has 3 N–H and O–H groups in total. The highest BCUT2D eigenvalue weighted by atomic mass is 16.6. The van der Waals surface area contributed by atoms with Crippen molar-refractivity contribution in [2.24, 2.45) is 0 Å². The number of para-hydroxylation sites is 2. The zero-order chi connectivity index (χ0) is 16.6. The third-order valence-electron chi connectivity index (χ3n) is 3.44. The zero-order valence-electron chi connectivity index (χ0n) is 13.2. The summed E-state index contributed by atoms with van der Waals surface area (Å²) in [5.41, 5.74) is 0. The summed E-state index contributed by atoms with van der Waals surface area (Å²) in [5, 5.41) is 8.68. The molecule has 0 unspecified atom stereocenters. The van der Waals surface area contributed by atoms with Crippen LogP contribution >= 0.6 is 0 Å². The number of aromatic nitrogens is 1. The fraction of sp³-hybridized carbons (Fsp3) is 0.294. The summed E-state index contributed by atoms with van der Waals surface area (Å²) in [4.78, 5) is 15.9. The highest BCUT2D eigenvalue weighted by Gasteiger charge is 2.20. The van der Waals surface area contributed by atoms with E-state index in [1.807, 2.05) is 42.5 Å². The smallest absolute Gasteiger partial charge is 0.314 e. The molecule has 7 nitrogen and oxygen atoms in total. The minimum Gasteiger partial charge on any atom is -0.486 e. The molecule has 1 atom stereocenters. The molecule has 7 heteroatoms. The number of hydrogen-bond donors (Lipinski definition) is 3. The molecule has 0 saturated carbocycles. The fourth-order valence-corrected chi connectivity index (χ4v) is 2.27. The minimum atomic E-state index is -0.236. The summed E-state index contributed by atoms with van der Waals surface area (Å²) < 4.78 is 11.4. The first-order valence-corrected chi connectivity index (χ1v) is 7.86. The van der Waals surface area contributed by atoms with E-state index in [4.69, 9.17) is 9.47 Å². The lowest BCUT2D eigenvalue weighted by atomic mass is 10.2. The van der Waals surface area contributed by atoms with Crippen molar-refractivity contribution < 1.29 is 14.3 Å². The number of amides is 2. The first-order chi connectivity index (χ1) is 11.8. The second-order valence-corrected chi connectivity index (χ2v) is 5.28. The van der Waals surface area contributed by atoms with Gasteiger partial charge in [-0.3, -0.25) is 0 Å². The van der Waals surface area contributed by atoms with Gasteiger partial charge in [-0.15, -0.1) is 0 Å². The molecular weight excluding hydrogens is 308 g/mol. The van der Waals surface area contributed by atoms with Gasteiger partial charge >= 0.3 is 6.03 Å². The molecule has 3 rings (SSSR count). The summed E-state index contributed by atoms with van der Waals surface area (Å²) in [6.45, 7) is 1.89. The third kappa shape index (κ3) is 4.52. The normalized spacial score (nSPS) is 15.4. The van der Waals surface area contributed by atoms with Gasteiger partial charge < -0.3 is 25.4 Å². The maximum absolute atomic E-state index is 11.8. The second kappa shape index (κ2) is 8.05. The zero-order valence-corrected chi connectivity index (χ0v) is 13.2. The Labute approximate surface area is 140 Å². The van der Waals surface area contributed by atoms with Crippen molar-refractivity contribution in [2.45, 2.75) is 6.10 Å². The van der Waals surface area contributed by atoms with Gasteiger partial charge in [0, 0.05) is 19.3 Å². The van der Waals surface area contributed by atoms with Crippen LogP contribution in [0.4, 0.5) is 10.6 Å². The maximum atomic E-state index is 11.8. The summed E-state index contributed by atoms with van der Waals surface area (Å²) >= 11 is 0. The molecule has 126 valence electrons. The van der Waals surface area contributed by atoms with Crippen molar-refractivity contribution in [1.29, 1.82) is 0 Å². The molecule has 1 aromatic carbocycles. The highest BCUT2D eigenvalue weighted by Crippen LogP contribution is 2.30. The number of nitrogens with one attached hydrogen (secondary N) is 3. The Kier molecular flexibility index (Phi) is 5.34. The number of ether oxygens (including phenoxy) is 2. The number of rotatable bonds is 6. The largest absolute Gasteiger partial charge is 0.486 e. The van der Waals surface area contributed by atoms with Crippen LogP contribution < -0.4 is 25.4 Å². The number of urea groups is 1. The highest BCUT2D eigenvalue weighted by molar-refractivity contribution is 5.73. The van der Waals surface area contributed by atoms with Crippen LogP contribution in [0.25, 0.3) is 0 Å². The monoisotopic (exact) mass is 328 g/mol. The van der Waals surface area contributed by atoms with Gasteiger partial charge in [-0.1, -0.05) is 18.2 Å². The summed E-state index contributed by atoms with van der Waals surface area (Å²) in [7, 11) is 0. The van der Waals surface area contributed by atoms with E-state index >= 15 is 0 Å². The molecule has 0 radical (unpaired) electrons. The van der Waals surface area contributed by atoms with Crippen LogP contribution in [-0.4, -0.2) is 43.4 Å². The van der Waals surface area contributed by atoms with Gasteiger partial charge in [-0.05, 0) is 24.3 Å². The number of carbonyl (C=O) groups is 1. The van der Waals surface area contributed by atoms with Crippen LogP contribution in [0.15, 0.2) is 48.7 Å². The van der Waals surface area contributed by atoms with Crippen LogP contribution in [0.3, 0.4) is 0 Å². The van der Waals surface area contributed by atoms with Crippen LogP contribution in [0, 0.1) is 0 Å². The molecule has 1 aliphatic heterocycles. The van der Waals surface area contributed by atoms with E-state index < -0.39 is 0 Å². The minimum absolute atomic E-state index is 0.197. The van der Waals surface area contributed by atoms with Gasteiger partial charge in [0.2, 0.25) is 0 Å². The first kappa shape index (κ1) is 15.9. The van der Waals surface area contributed by atoms with Crippen LogP contribution in [0.1, 0.15) is 0 Å². The lowest BCUT2D eigenvalue weighted by Crippen LogP contribution is -2.45. The molecule has 0 aliphatic carbocycles. The lowest BCUT2D eigenvalue weighted by molar-refractivity contribution is 0.0918. The van der Waals surface area contributed by atoms with Crippen LogP contribution in [0.2, 0.25) is 0 Å². The van der Waals surface area contributed by atoms with Gasteiger partial charge in [-0.2, -0.15) is 0 Å². The molecule has 0 fully saturated rings. The Morgan fingerprint density at radius 1 is 1.08 bits per heavy atom. The van der Waals surface area contributed by atoms with Crippen LogP contribution in [0.5, 0.6) is 11.5 Å². The Balaban J connectivity index is 1.32. The van der Waals surface area contributed by atoms with Gasteiger partial charge in [-0.25, -0.2) is 9.78 Å². The number of benzene rings is 1. The average Bonchev–Trinajstić information content (AvgIpc) is 2.64. The van der Waals surface area contributed by atoms with E-state index in [-0.39, 0.29) is 12.1 Å². The lowest BCUT2D eigenvalue weighted by Gasteiger charge is -2.26. The van der Waals surface area contributed by atoms with E-state index in [9.17, 15) is 4.79 Å². The Morgan fingerprint density at radius 3 is 2.75 bits per heavy atom.